The lowest BCUT2D eigenvalue weighted by atomic mass is 10.0. The average molecular weight is 288 g/mol. The van der Waals surface area contributed by atoms with Gasteiger partial charge in [-0.1, -0.05) is 12.1 Å². The highest BCUT2D eigenvalue weighted by molar-refractivity contribution is 5.56. The van der Waals surface area contributed by atoms with Crippen molar-refractivity contribution >= 4 is 5.69 Å². The lowest BCUT2D eigenvalue weighted by molar-refractivity contribution is 0.0975. The van der Waals surface area contributed by atoms with E-state index < -0.39 is 0 Å². The first-order valence-electron chi connectivity index (χ1n) is 8.27. The molecule has 0 bridgehead atoms. The van der Waals surface area contributed by atoms with Gasteiger partial charge < -0.3 is 9.64 Å². The molecule has 0 spiro atoms. The van der Waals surface area contributed by atoms with Crippen LogP contribution < -0.4 is 4.90 Å². The lowest BCUT2D eigenvalue weighted by Crippen LogP contribution is -2.44. The normalized spacial score (nSPS) is 24.7. The van der Waals surface area contributed by atoms with Gasteiger partial charge in [0.15, 0.2) is 0 Å². The molecular weight excluding hydrogens is 260 g/mol. The van der Waals surface area contributed by atoms with Crippen LogP contribution in [0.5, 0.6) is 0 Å². The third-order valence-corrected chi connectivity index (χ3v) is 5.41. The number of methoxy groups -OCH3 is 1. The number of benzene rings is 1. The van der Waals surface area contributed by atoms with Crippen LogP contribution in [0.25, 0.3) is 0 Å². The molecule has 3 rings (SSSR count). The van der Waals surface area contributed by atoms with Crippen molar-refractivity contribution in [1.82, 2.24) is 4.90 Å². The quantitative estimate of drug-likeness (QED) is 0.850. The minimum atomic E-state index is 0.460. The van der Waals surface area contributed by atoms with E-state index >= 15 is 0 Å². The van der Waals surface area contributed by atoms with Crippen LogP contribution in [-0.4, -0.2) is 50.3 Å². The molecular formula is C18H28N2O. The fourth-order valence-electron chi connectivity index (χ4n) is 3.83. The van der Waals surface area contributed by atoms with Crippen LogP contribution in [0, 0.1) is 13.8 Å². The Morgan fingerprint density at radius 2 is 1.81 bits per heavy atom. The Morgan fingerprint density at radius 1 is 1.05 bits per heavy atom. The SMILES string of the molecule is COC1CCN(C2CCN(c3cccc(C)c3C)CC2)C1. The van der Waals surface area contributed by atoms with E-state index in [9.17, 15) is 0 Å². The molecule has 2 aliphatic rings. The van der Waals surface area contributed by atoms with E-state index in [0.717, 1.165) is 12.6 Å². The van der Waals surface area contributed by atoms with Gasteiger partial charge in [0, 0.05) is 45.0 Å². The molecule has 1 atom stereocenters. The number of piperidine rings is 1. The van der Waals surface area contributed by atoms with Gasteiger partial charge in [0.2, 0.25) is 0 Å². The van der Waals surface area contributed by atoms with Crippen LogP contribution in [0.15, 0.2) is 18.2 Å². The van der Waals surface area contributed by atoms with Crippen molar-refractivity contribution in [2.45, 2.75) is 45.3 Å². The van der Waals surface area contributed by atoms with E-state index in [0.29, 0.717) is 6.10 Å². The number of hydrogen-bond acceptors (Lipinski definition) is 3. The summed E-state index contributed by atoms with van der Waals surface area (Å²) in [7, 11) is 1.84. The van der Waals surface area contributed by atoms with Gasteiger partial charge >= 0.3 is 0 Å². The summed E-state index contributed by atoms with van der Waals surface area (Å²) in [6.45, 7) is 9.17. The molecule has 0 saturated carbocycles. The number of hydrogen-bond donors (Lipinski definition) is 0. The number of anilines is 1. The predicted octanol–water partition coefficient (Wildman–Crippen LogP) is 2.99. The zero-order valence-corrected chi connectivity index (χ0v) is 13.6. The second-order valence-electron chi connectivity index (χ2n) is 6.58. The Hall–Kier alpha value is -1.06. The Bertz CT molecular complexity index is 480. The van der Waals surface area contributed by atoms with Crippen molar-refractivity contribution in [3.63, 3.8) is 0 Å². The van der Waals surface area contributed by atoms with Gasteiger partial charge in [-0.15, -0.1) is 0 Å². The van der Waals surface area contributed by atoms with Crippen molar-refractivity contribution in [2.75, 3.05) is 38.2 Å². The molecule has 0 amide bonds. The van der Waals surface area contributed by atoms with Gasteiger partial charge in [0.05, 0.1) is 6.10 Å². The first-order valence-corrected chi connectivity index (χ1v) is 8.27. The molecule has 0 aliphatic carbocycles. The molecule has 1 unspecified atom stereocenters. The Labute approximate surface area is 128 Å². The Balaban J connectivity index is 1.59. The van der Waals surface area contributed by atoms with Crippen molar-refractivity contribution in [3.8, 4) is 0 Å². The summed E-state index contributed by atoms with van der Waals surface area (Å²) in [6.07, 6.45) is 4.23. The smallest absolute Gasteiger partial charge is 0.0710 e. The third kappa shape index (κ3) is 3.09. The minimum absolute atomic E-state index is 0.460. The molecule has 0 aromatic heterocycles. The van der Waals surface area contributed by atoms with E-state index in [1.165, 1.54) is 55.7 Å². The van der Waals surface area contributed by atoms with Crippen LogP contribution >= 0.6 is 0 Å². The van der Waals surface area contributed by atoms with E-state index in [4.69, 9.17) is 4.74 Å². The molecule has 3 heteroatoms. The summed E-state index contributed by atoms with van der Waals surface area (Å²) in [4.78, 5) is 5.22. The third-order valence-electron chi connectivity index (χ3n) is 5.41. The van der Waals surface area contributed by atoms with Gasteiger partial charge in [-0.3, -0.25) is 4.90 Å². The molecule has 0 radical (unpaired) electrons. The standard InChI is InChI=1S/C18H28N2O/c1-14-5-4-6-18(15(14)2)19-10-7-16(8-11-19)20-12-9-17(13-20)21-3/h4-6,16-17H,7-13H2,1-3H3. The fraction of sp³-hybridized carbons (Fsp3) is 0.667. The highest BCUT2D eigenvalue weighted by Crippen LogP contribution is 2.28. The molecule has 2 aliphatic heterocycles. The van der Waals surface area contributed by atoms with E-state index in [1.54, 1.807) is 0 Å². The lowest BCUT2D eigenvalue weighted by Gasteiger charge is -2.38. The largest absolute Gasteiger partial charge is 0.380 e. The van der Waals surface area contributed by atoms with Crippen molar-refractivity contribution in [2.24, 2.45) is 0 Å². The number of rotatable bonds is 3. The predicted molar refractivity (Wildman–Crippen MR) is 88.1 cm³/mol. The van der Waals surface area contributed by atoms with Crippen molar-refractivity contribution in [1.29, 1.82) is 0 Å². The molecule has 2 heterocycles. The molecule has 1 aromatic rings. The molecule has 116 valence electrons. The molecule has 1 aromatic carbocycles. The number of ether oxygens (including phenoxy) is 1. The topological polar surface area (TPSA) is 15.7 Å². The second kappa shape index (κ2) is 6.37. The summed E-state index contributed by atoms with van der Waals surface area (Å²) in [5.41, 5.74) is 4.28. The zero-order chi connectivity index (χ0) is 14.8. The van der Waals surface area contributed by atoms with Crippen LogP contribution in [0.3, 0.4) is 0 Å². The van der Waals surface area contributed by atoms with Crippen LogP contribution in [0.1, 0.15) is 30.4 Å². The molecule has 2 fully saturated rings. The monoisotopic (exact) mass is 288 g/mol. The van der Waals surface area contributed by atoms with Gasteiger partial charge in [0.1, 0.15) is 0 Å². The first kappa shape index (κ1) is 14.9. The maximum absolute atomic E-state index is 5.50. The van der Waals surface area contributed by atoms with Gasteiger partial charge in [-0.2, -0.15) is 0 Å². The van der Waals surface area contributed by atoms with Crippen molar-refractivity contribution < 1.29 is 4.74 Å². The van der Waals surface area contributed by atoms with E-state index in [2.05, 4.69) is 41.8 Å². The summed E-state index contributed by atoms with van der Waals surface area (Å²) >= 11 is 0. The molecule has 3 nitrogen and oxygen atoms in total. The maximum atomic E-state index is 5.50. The van der Waals surface area contributed by atoms with E-state index in [1.807, 2.05) is 7.11 Å². The summed E-state index contributed by atoms with van der Waals surface area (Å²) in [6, 6.07) is 7.43. The van der Waals surface area contributed by atoms with Gasteiger partial charge in [0.25, 0.3) is 0 Å². The molecule has 0 N–H and O–H groups in total. The molecule has 21 heavy (non-hydrogen) atoms. The maximum Gasteiger partial charge on any atom is 0.0710 e. The first-order chi connectivity index (χ1) is 10.2. The van der Waals surface area contributed by atoms with Gasteiger partial charge in [-0.05, 0) is 50.3 Å². The average Bonchev–Trinajstić information content (AvgIpc) is 2.99. The van der Waals surface area contributed by atoms with Crippen LogP contribution in [0.4, 0.5) is 5.69 Å². The Morgan fingerprint density at radius 3 is 2.48 bits per heavy atom. The number of likely N-dealkylation sites (tertiary alicyclic amines) is 1. The van der Waals surface area contributed by atoms with Crippen LogP contribution in [-0.2, 0) is 4.74 Å². The number of aryl methyl sites for hydroxylation is 1. The second-order valence-corrected chi connectivity index (χ2v) is 6.58. The summed E-state index contributed by atoms with van der Waals surface area (Å²) < 4.78 is 5.50. The van der Waals surface area contributed by atoms with E-state index in [-0.39, 0.29) is 0 Å². The van der Waals surface area contributed by atoms with Gasteiger partial charge in [-0.25, -0.2) is 0 Å². The fourth-order valence-corrected chi connectivity index (χ4v) is 3.83. The van der Waals surface area contributed by atoms with Crippen molar-refractivity contribution in [3.05, 3.63) is 29.3 Å². The highest BCUT2D eigenvalue weighted by atomic mass is 16.5. The molecule has 2 saturated heterocycles. The Kier molecular flexibility index (Phi) is 4.51. The summed E-state index contributed by atoms with van der Waals surface area (Å²) in [5, 5.41) is 0. The summed E-state index contributed by atoms with van der Waals surface area (Å²) in [5.74, 6) is 0. The zero-order valence-electron chi connectivity index (χ0n) is 13.6. The minimum Gasteiger partial charge on any atom is -0.380 e. The number of nitrogens with zero attached hydrogens (tertiary/aromatic N) is 2. The highest BCUT2D eigenvalue weighted by Gasteiger charge is 2.30. The van der Waals surface area contributed by atoms with Crippen LogP contribution in [0.2, 0.25) is 0 Å².